The third-order valence-electron chi connectivity index (χ3n) is 5.17. The number of likely N-dealkylation sites (tertiary alicyclic amines) is 1. The predicted molar refractivity (Wildman–Crippen MR) is 97.7 cm³/mol. The molecule has 3 amide bonds. The van der Waals surface area contributed by atoms with Gasteiger partial charge in [-0.1, -0.05) is 17.7 Å². The molecule has 1 aromatic carbocycles. The number of piperazine rings is 1. The summed E-state index contributed by atoms with van der Waals surface area (Å²) in [4.78, 5) is 28.8. The van der Waals surface area contributed by atoms with Gasteiger partial charge in [0, 0.05) is 50.4 Å². The number of hydrogen-bond acceptors (Lipinski definition) is 3. The molecule has 2 heterocycles. The highest BCUT2D eigenvalue weighted by molar-refractivity contribution is 5.94. The van der Waals surface area contributed by atoms with Crippen LogP contribution in [0.4, 0.5) is 4.79 Å². The second-order valence-corrected chi connectivity index (χ2v) is 7.13. The van der Waals surface area contributed by atoms with E-state index in [2.05, 4.69) is 17.6 Å². The van der Waals surface area contributed by atoms with E-state index in [0.29, 0.717) is 13.1 Å². The zero-order valence-corrected chi connectivity index (χ0v) is 15.1. The van der Waals surface area contributed by atoms with Gasteiger partial charge in [-0.25, -0.2) is 4.79 Å². The van der Waals surface area contributed by atoms with Gasteiger partial charge < -0.3 is 20.4 Å². The van der Waals surface area contributed by atoms with Crippen molar-refractivity contribution in [2.45, 2.75) is 38.8 Å². The molecule has 2 aliphatic rings. The van der Waals surface area contributed by atoms with Crippen molar-refractivity contribution in [1.82, 2.24) is 20.4 Å². The predicted octanol–water partition coefficient (Wildman–Crippen LogP) is 1.60. The molecule has 136 valence electrons. The maximum atomic E-state index is 12.6. The van der Waals surface area contributed by atoms with Crippen LogP contribution < -0.4 is 10.6 Å². The molecule has 2 fully saturated rings. The molecular formula is C19H28N4O2. The van der Waals surface area contributed by atoms with Gasteiger partial charge in [-0.15, -0.1) is 0 Å². The van der Waals surface area contributed by atoms with E-state index in [4.69, 9.17) is 0 Å². The molecule has 0 spiro atoms. The molecular weight excluding hydrogens is 316 g/mol. The van der Waals surface area contributed by atoms with E-state index in [1.165, 1.54) is 0 Å². The lowest BCUT2D eigenvalue weighted by Gasteiger charge is -2.37. The summed E-state index contributed by atoms with van der Waals surface area (Å²) in [7, 11) is 0. The van der Waals surface area contributed by atoms with E-state index < -0.39 is 0 Å². The lowest BCUT2D eigenvalue weighted by atomic mass is 10.0. The molecule has 25 heavy (non-hydrogen) atoms. The molecule has 0 aromatic heterocycles. The molecule has 6 heteroatoms. The number of carbonyl (C=O) groups is 2. The van der Waals surface area contributed by atoms with Crippen molar-refractivity contribution in [3.05, 3.63) is 35.4 Å². The Morgan fingerprint density at radius 2 is 1.80 bits per heavy atom. The number of amides is 3. The number of hydrogen-bond donors (Lipinski definition) is 2. The van der Waals surface area contributed by atoms with Gasteiger partial charge in [0.25, 0.3) is 5.91 Å². The fourth-order valence-electron chi connectivity index (χ4n) is 3.51. The van der Waals surface area contributed by atoms with Gasteiger partial charge >= 0.3 is 6.03 Å². The van der Waals surface area contributed by atoms with Crippen molar-refractivity contribution in [3.63, 3.8) is 0 Å². The van der Waals surface area contributed by atoms with Crippen molar-refractivity contribution in [3.8, 4) is 0 Å². The number of nitrogens with zero attached hydrogens (tertiary/aromatic N) is 2. The minimum absolute atomic E-state index is 0.0253. The van der Waals surface area contributed by atoms with Crippen molar-refractivity contribution in [1.29, 1.82) is 0 Å². The van der Waals surface area contributed by atoms with E-state index in [-0.39, 0.29) is 24.0 Å². The monoisotopic (exact) mass is 344 g/mol. The van der Waals surface area contributed by atoms with Crippen LogP contribution in [-0.4, -0.2) is 66.5 Å². The summed E-state index contributed by atoms with van der Waals surface area (Å²) in [6.45, 7) is 7.90. The average molecular weight is 344 g/mol. The summed E-state index contributed by atoms with van der Waals surface area (Å²) in [6, 6.07) is 8.10. The first-order valence-electron chi connectivity index (χ1n) is 9.18. The van der Waals surface area contributed by atoms with Gasteiger partial charge in [-0.2, -0.15) is 0 Å². The van der Waals surface area contributed by atoms with Crippen LogP contribution in [0.1, 0.15) is 35.7 Å². The van der Waals surface area contributed by atoms with Crippen LogP contribution in [0.3, 0.4) is 0 Å². The fraction of sp³-hybridized carbons (Fsp3) is 0.579. The number of piperidine rings is 1. The van der Waals surface area contributed by atoms with Crippen LogP contribution in [0.25, 0.3) is 0 Å². The Morgan fingerprint density at radius 1 is 1.12 bits per heavy atom. The molecule has 1 atom stereocenters. The Hall–Kier alpha value is -2.08. The topological polar surface area (TPSA) is 64.7 Å². The van der Waals surface area contributed by atoms with Crippen LogP contribution in [0.2, 0.25) is 0 Å². The largest absolute Gasteiger partial charge is 0.338 e. The van der Waals surface area contributed by atoms with Crippen molar-refractivity contribution in [2.24, 2.45) is 0 Å². The van der Waals surface area contributed by atoms with Crippen molar-refractivity contribution >= 4 is 11.9 Å². The molecule has 0 saturated carbocycles. The van der Waals surface area contributed by atoms with E-state index in [1.807, 2.05) is 41.0 Å². The van der Waals surface area contributed by atoms with Gasteiger partial charge in [0.15, 0.2) is 0 Å². The second kappa shape index (κ2) is 7.87. The third-order valence-corrected chi connectivity index (χ3v) is 5.17. The van der Waals surface area contributed by atoms with E-state index in [0.717, 1.165) is 43.6 Å². The molecule has 0 bridgehead atoms. The Morgan fingerprint density at radius 3 is 2.44 bits per heavy atom. The van der Waals surface area contributed by atoms with Crippen LogP contribution in [-0.2, 0) is 0 Å². The van der Waals surface area contributed by atoms with Crippen molar-refractivity contribution in [2.75, 3.05) is 32.7 Å². The Labute approximate surface area is 149 Å². The summed E-state index contributed by atoms with van der Waals surface area (Å²) in [5.41, 5.74) is 1.89. The van der Waals surface area contributed by atoms with Crippen LogP contribution in [0.5, 0.6) is 0 Å². The van der Waals surface area contributed by atoms with E-state index >= 15 is 0 Å². The van der Waals surface area contributed by atoms with Gasteiger partial charge in [0.2, 0.25) is 0 Å². The molecule has 6 nitrogen and oxygen atoms in total. The number of carbonyl (C=O) groups excluding carboxylic acids is 2. The molecule has 1 aromatic rings. The van der Waals surface area contributed by atoms with Crippen LogP contribution >= 0.6 is 0 Å². The molecule has 2 N–H and O–H groups in total. The standard InChI is InChI=1S/C19H28N4O2/c1-14-3-5-16(6-4-14)18(24)22-10-7-17(8-11-22)21-19(25)23-12-9-20-13-15(23)2/h3-6,15,17,20H,7-13H2,1-2H3,(H,21,25)/t15-/m1/s1. The zero-order chi connectivity index (χ0) is 17.8. The molecule has 0 aliphatic carbocycles. The number of urea groups is 1. The first-order chi connectivity index (χ1) is 12.0. The normalized spacial score (nSPS) is 21.9. The summed E-state index contributed by atoms with van der Waals surface area (Å²) in [5, 5.41) is 6.44. The number of rotatable bonds is 2. The van der Waals surface area contributed by atoms with Gasteiger partial charge in [-0.3, -0.25) is 4.79 Å². The molecule has 3 rings (SSSR count). The second-order valence-electron chi connectivity index (χ2n) is 7.13. The quantitative estimate of drug-likeness (QED) is 0.857. The third kappa shape index (κ3) is 4.31. The maximum absolute atomic E-state index is 12.6. The Bertz CT molecular complexity index is 608. The van der Waals surface area contributed by atoms with Crippen LogP contribution in [0, 0.1) is 6.92 Å². The summed E-state index contributed by atoms with van der Waals surface area (Å²) in [6.07, 6.45) is 1.62. The minimum atomic E-state index is 0.0253. The lowest BCUT2D eigenvalue weighted by molar-refractivity contribution is 0.0705. The molecule has 2 saturated heterocycles. The molecule has 0 radical (unpaired) electrons. The molecule has 0 unspecified atom stereocenters. The number of nitrogens with one attached hydrogen (secondary N) is 2. The van der Waals surface area contributed by atoms with Gasteiger partial charge in [0.1, 0.15) is 0 Å². The highest BCUT2D eigenvalue weighted by Gasteiger charge is 2.28. The Kier molecular flexibility index (Phi) is 5.58. The average Bonchev–Trinajstić information content (AvgIpc) is 2.63. The minimum Gasteiger partial charge on any atom is -0.338 e. The SMILES string of the molecule is Cc1ccc(C(=O)N2CCC(NC(=O)N3CCNC[C@H]3C)CC2)cc1. The smallest absolute Gasteiger partial charge is 0.317 e. The Balaban J connectivity index is 1.49. The van der Waals surface area contributed by atoms with Crippen LogP contribution in [0.15, 0.2) is 24.3 Å². The highest BCUT2D eigenvalue weighted by Crippen LogP contribution is 2.15. The van der Waals surface area contributed by atoms with Gasteiger partial charge in [0.05, 0.1) is 0 Å². The summed E-state index contributed by atoms with van der Waals surface area (Å²) < 4.78 is 0. The zero-order valence-electron chi connectivity index (χ0n) is 15.1. The molecule has 2 aliphatic heterocycles. The number of benzene rings is 1. The summed E-state index contributed by atoms with van der Waals surface area (Å²) >= 11 is 0. The van der Waals surface area contributed by atoms with Crippen molar-refractivity contribution < 1.29 is 9.59 Å². The first kappa shape index (κ1) is 17.7. The van der Waals surface area contributed by atoms with Gasteiger partial charge in [-0.05, 0) is 38.8 Å². The highest BCUT2D eigenvalue weighted by atomic mass is 16.2. The first-order valence-corrected chi connectivity index (χ1v) is 9.18. The van der Waals surface area contributed by atoms with E-state index in [9.17, 15) is 9.59 Å². The van der Waals surface area contributed by atoms with E-state index in [1.54, 1.807) is 0 Å². The summed E-state index contributed by atoms with van der Waals surface area (Å²) in [5.74, 6) is 0.0838. The lowest BCUT2D eigenvalue weighted by Crippen LogP contribution is -2.57. The maximum Gasteiger partial charge on any atom is 0.317 e. The fourth-order valence-corrected chi connectivity index (χ4v) is 3.51. The number of aryl methyl sites for hydroxylation is 1.